The number of hydrogen-bond acceptors (Lipinski definition) is 3. The second-order valence-electron chi connectivity index (χ2n) is 4.46. The van der Waals surface area contributed by atoms with Gasteiger partial charge in [0.15, 0.2) is 18.2 Å². The van der Waals surface area contributed by atoms with Crippen LogP contribution in [0.3, 0.4) is 0 Å². The number of alkyl halides is 2. The third-order valence-corrected chi connectivity index (χ3v) is 3.46. The van der Waals surface area contributed by atoms with E-state index in [9.17, 15) is 13.2 Å². The maximum atomic E-state index is 14.4. The van der Waals surface area contributed by atoms with Crippen LogP contribution < -0.4 is 0 Å². The van der Waals surface area contributed by atoms with E-state index >= 15 is 0 Å². The van der Waals surface area contributed by atoms with E-state index < -0.39 is 30.3 Å². The first-order valence-corrected chi connectivity index (χ1v) is 6.43. The second kappa shape index (κ2) is 5.11. The van der Waals surface area contributed by atoms with Crippen LogP contribution in [0.5, 0.6) is 0 Å². The molecule has 2 rings (SSSR count). The summed E-state index contributed by atoms with van der Waals surface area (Å²) >= 11 is 3.10. The number of aliphatic imine (C=N–C) groups is 1. The van der Waals surface area contributed by atoms with E-state index in [4.69, 9.17) is 4.74 Å². The lowest BCUT2D eigenvalue weighted by molar-refractivity contribution is 0.00387. The Hall–Kier alpha value is -1.11. The van der Waals surface area contributed by atoms with Crippen molar-refractivity contribution in [3.8, 4) is 0 Å². The normalized spacial score (nSPS) is 30.7. The fourth-order valence-corrected chi connectivity index (χ4v) is 2.43. The lowest BCUT2D eigenvalue weighted by Crippen LogP contribution is -2.48. The first kappa shape index (κ1) is 14.3. The summed E-state index contributed by atoms with van der Waals surface area (Å²) < 4.78 is 46.4. The average molecular weight is 337 g/mol. The van der Waals surface area contributed by atoms with Crippen molar-refractivity contribution in [2.45, 2.75) is 31.7 Å². The Labute approximate surface area is 117 Å². The number of aromatic nitrogens is 1. The highest BCUT2D eigenvalue weighted by Gasteiger charge is 2.48. The molecule has 1 aliphatic rings. The minimum atomic E-state index is -1.82. The number of ether oxygens (including phenoxy) is 1. The summed E-state index contributed by atoms with van der Waals surface area (Å²) in [6.07, 6.45) is -3.12. The molecule has 3 atom stereocenters. The Kier molecular flexibility index (Phi) is 3.85. The van der Waals surface area contributed by atoms with Crippen molar-refractivity contribution in [1.29, 1.82) is 0 Å². The molecular formula is C12H12BrF3N2O. The van der Waals surface area contributed by atoms with Crippen molar-refractivity contribution in [3.05, 3.63) is 28.2 Å². The molecule has 0 spiro atoms. The predicted molar refractivity (Wildman–Crippen MR) is 68.1 cm³/mol. The van der Waals surface area contributed by atoms with Gasteiger partial charge in [-0.05, 0) is 35.0 Å². The molecule has 3 nitrogen and oxygen atoms in total. The maximum absolute atomic E-state index is 14.4. The zero-order chi connectivity index (χ0) is 14.2. The summed E-state index contributed by atoms with van der Waals surface area (Å²) in [5.74, 6) is -0.579. The van der Waals surface area contributed by atoms with Crippen LogP contribution in [0.15, 0.2) is 21.7 Å². The Balaban J connectivity index is 2.56. The fourth-order valence-electron chi connectivity index (χ4n) is 2.12. The highest BCUT2D eigenvalue weighted by atomic mass is 79.9. The molecule has 0 fully saturated rings. The number of hydrogen-bond donors (Lipinski definition) is 0. The fraction of sp³-hybridized carbons (Fsp3) is 0.500. The number of pyridine rings is 1. The Morgan fingerprint density at radius 1 is 1.47 bits per heavy atom. The van der Waals surface area contributed by atoms with Crippen LogP contribution in [0, 0.1) is 5.82 Å². The molecule has 104 valence electrons. The van der Waals surface area contributed by atoms with Gasteiger partial charge >= 0.3 is 0 Å². The van der Waals surface area contributed by atoms with E-state index in [1.165, 1.54) is 19.9 Å². The Morgan fingerprint density at radius 3 is 2.79 bits per heavy atom. The van der Waals surface area contributed by atoms with Crippen molar-refractivity contribution in [1.82, 2.24) is 4.98 Å². The molecule has 0 aromatic carbocycles. The van der Waals surface area contributed by atoms with Gasteiger partial charge in [0.2, 0.25) is 0 Å². The van der Waals surface area contributed by atoms with Crippen LogP contribution in [0.25, 0.3) is 0 Å². The van der Waals surface area contributed by atoms with Crippen LogP contribution in [-0.2, 0) is 10.3 Å². The Morgan fingerprint density at radius 2 is 2.16 bits per heavy atom. The number of nitrogens with zero attached hydrogens (tertiary/aromatic N) is 2. The topological polar surface area (TPSA) is 34.5 Å². The lowest BCUT2D eigenvalue weighted by Gasteiger charge is -2.37. The van der Waals surface area contributed by atoms with E-state index in [2.05, 4.69) is 25.9 Å². The molecular weight excluding hydrogens is 325 g/mol. The molecule has 0 radical (unpaired) electrons. The van der Waals surface area contributed by atoms with Gasteiger partial charge < -0.3 is 4.74 Å². The average Bonchev–Trinajstić information content (AvgIpc) is 2.36. The van der Waals surface area contributed by atoms with Crippen molar-refractivity contribution in [2.24, 2.45) is 4.99 Å². The van der Waals surface area contributed by atoms with E-state index in [0.29, 0.717) is 4.60 Å². The molecule has 0 saturated carbocycles. The molecule has 7 heteroatoms. The first-order chi connectivity index (χ1) is 8.88. The molecule has 0 N–H and O–H groups in total. The molecule has 0 unspecified atom stereocenters. The molecule has 1 aromatic rings. The van der Waals surface area contributed by atoms with Crippen molar-refractivity contribution < 1.29 is 17.9 Å². The summed E-state index contributed by atoms with van der Waals surface area (Å²) in [6.45, 7) is 1.84. The van der Waals surface area contributed by atoms with E-state index in [1.807, 2.05) is 0 Å². The molecule has 1 aliphatic heterocycles. The van der Waals surface area contributed by atoms with Gasteiger partial charge in [0, 0.05) is 6.92 Å². The van der Waals surface area contributed by atoms with Crippen molar-refractivity contribution >= 4 is 21.8 Å². The second-order valence-corrected chi connectivity index (χ2v) is 5.27. The van der Waals surface area contributed by atoms with Gasteiger partial charge in [0.1, 0.15) is 28.3 Å². The zero-order valence-corrected chi connectivity index (χ0v) is 11.9. The lowest BCUT2D eigenvalue weighted by atomic mass is 9.87. The van der Waals surface area contributed by atoms with Gasteiger partial charge in [-0.3, -0.25) is 0 Å². The SMILES string of the molecule is CC1=N[C@](C)(c2nc(Br)ccc2F)[C@@H](F)[C@@H](CF)O1. The molecule has 0 bridgehead atoms. The standard InChI is InChI=1S/C12H12BrF3N2O/c1-6-18-12(2,10(16)8(5-14)19-6)11-7(15)3-4-9(13)17-11/h3-4,8,10H,5H2,1-2H3/t8-,10+,12+/m1/s1. The maximum Gasteiger partial charge on any atom is 0.181 e. The first-order valence-electron chi connectivity index (χ1n) is 5.64. The summed E-state index contributed by atoms with van der Waals surface area (Å²) in [7, 11) is 0. The van der Waals surface area contributed by atoms with Crippen LogP contribution in [0.2, 0.25) is 0 Å². The quantitative estimate of drug-likeness (QED) is 0.776. The largest absolute Gasteiger partial charge is 0.472 e. The van der Waals surface area contributed by atoms with E-state index in [1.54, 1.807) is 0 Å². The van der Waals surface area contributed by atoms with Crippen LogP contribution in [-0.4, -0.2) is 29.8 Å². The minimum Gasteiger partial charge on any atom is -0.472 e. The molecule has 19 heavy (non-hydrogen) atoms. The van der Waals surface area contributed by atoms with Gasteiger partial charge in [0.05, 0.1) is 0 Å². The van der Waals surface area contributed by atoms with Crippen molar-refractivity contribution in [3.63, 3.8) is 0 Å². The van der Waals surface area contributed by atoms with Crippen LogP contribution >= 0.6 is 15.9 Å². The molecule has 1 aromatic heterocycles. The smallest absolute Gasteiger partial charge is 0.181 e. The van der Waals surface area contributed by atoms with Gasteiger partial charge in [0.25, 0.3) is 0 Å². The highest BCUT2D eigenvalue weighted by molar-refractivity contribution is 9.10. The number of halogens is 4. The Bertz CT molecular complexity index is 526. The number of rotatable bonds is 2. The summed E-state index contributed by atoms with van der Waals surface area (Å²) in [5.41, 5.74) is -1.78. The zero-order valence-electron chi connectivity index (χ0n) is 10.3. The van der Waals surface area contributed by atoms with Gasteiger partial charge in [-0.25, -0.2) is 23.1 Å². The third-order valence-electron chi connectivity index (χ3n) is 3.02. The van der Waals surface area contributed by atoms with E-state index in [-0.39, 0.29) is 11.6 Å². The summed E-state index contributed by atoms with van der Waals surface area (Å²) in [4.78, 5) is 7.93. The van der Waals surface area contributed by atoms with Crippen molar-refractivity contribution in [2.75, 3.05) is 6.67 Å². The third kappa shape index (κ3) is 2.48. The summed E-state index contributed by atoms with van der Waals surface area (Å²) in [5, 5.41) is 0. The monoisotopic (exact) mass is 336 g/mol. The minimum absolute atomic E-state index is 0.111. The highest BCUT2D eigenvalue weighted by Crippen LogP contribution is 2.38. The molecule has 0 saturated heterocycles. The van der Waals surface area contributed by atoms with E-state index in [0.717, 1.165) is 6.07 Å². The predicted octanol–water partition coefficient (Wildman–Crippen LogP) is 3.32. The molecule has 0 aliphatic carbocycles. The van der Waals surface area contributed by atoms with Crippen LogP contribution in [0.4, 0.5) is 13.2 Å². The van der Waals surface area contributed by atoms with Gasteiger partial charge in [-0.1, -0.05) is 0 Å². The van der Waals surface area contributed by atoms with Crippen LogP contribution in [0.1, 0.15) is 19.5 Å². The molecule has 2 heterocycles. The summed E-state index contributed by atoms with van der Waals surface area (Å²) in [6, 6.07) is 2.56. The van der Waals surface area contributed by atoms with Gasteiger partial charge in [-0.15, -0.1) is 0 Å². The van der Waals surface area contributed by atoms with Gasteiger partial charge in [-0.2, -0.15) is 0 Å². The molecule has 0 amide bonds.